The van der Waals surface area contributed by atoms with Gasteiger partial charge < -0.3 is 10.1 Å². The lowest BCUT2D eigenvalue weighted by Crippen LogP contribution is -1.99. The first-order valence-corrected chi connectivity index (χ1v) is 6.57. The average molecular weight is 269 g/mol. The van der Waals surface area contributed by atoms with Gasteiger partial charge in [-0.3, -0.25) is 0 Å². The number of hydrogen-bond acceptors (Lipinski definition) is 7. The van der Waals surface area contributed by atoms with Crippen molar-refractivity contribution in [2.24, 2.45) is 0 Å². The van der Waals surface area contributed by atoms with E-state index in [-0.39, 0.29) is 5.97 Å². The Morgan fingerprint density at radius 2 is 2.41 bits per heavy atom. The predicted octanol–water partition coefficient (Wildman–Crippen LogP) is 2.31. The molecule has 0 atom stereocenters. The predicted molar refractivity (Wildman–Crippen MR) is 67.6 cm³/mol. The Bertz CT molecular complexity index is 521. The topological polar surface area (TPSA) is 64.1 Å². The van der Waals surface area contributed by atoms with Crippen molar-refractivity contribution < 1.29 is 9.53 Å². The van der Waals surface area contributed by atoms with Crippen molar-refractivity contribution in [3.05, 3.63) is 27.2 Å². The van der Waals surface area contributed by atoms with Crippen LogP contribution in [0.15, 0.2) is 11.6 Å². The van der Waals surface area contributed by atoms with E-state index in [0.29, 0.717) is 16.6 Å². The summed E-state index contributed by atoms with van der Waals surface area (Å²) in [6.45, 7) is 2.57. The van der Waals surface area contributed by atoms with Crippen LogP contribution in [0.5, 0.6) is 0 Å². The van der Waals surface area contributed by atoms with Crippen LogP contribution in [0.4, 0.5) is 5.13 Å². The lowest BCUT2D eigenvalue weighted by Gasteiger charge is -1.98. The molecule has 0 unspecified atom stereocenters. The second-order valence-corrected chi connectivity index (χ2v) is 5.33. The zero-order valence-electron chi connectivity index (χ0n) is 9.39. The molecule has 2 rings (SSSR count). The summed E-state index contributed by atoms with van der Waals surface area (Å²) in [5, 5.41) is 6.84. The molecule has 0 aliphatic heterocycles. The summed E-state index contributed by atoms with van der Waals surface area (Å²) < 4.78 is 4.61. The van der Waals surface area contributed by atoms with Gasteiger partial charge in [0, 0.05) is 5.38 Å². The van der Waals surface area contributed by atoms with Crippen LogP contribution in [-0.2, 0) is 11.3 Å². The SMILES string of the molecule is COC(=O)c1cnc(NCc2csc(C)n2)s1. The second-order valence-electron chi connectivity index (χ2n) is 3.23. The smallest absolute Gasteiger partial charge is 0.349 e. The highest BCUT2D eigenvalue weighted by atomic mass is 32.1. The zero-order chi connectivity index (χ0) is 12.3. The number of anilines is 1. The fraction of sp³-hybridized carbons (Fsp3) is 0.300. The monoisotopic (exact) mass is 269 g/mol. The highest BCUT2D eigenvalue weighted by Crippen LogP contribution is 2.19. The molecule has 1 N–H and O–H groups in total. The first-order chi connectivity index (χ1) is 8.19. The lowest BCUT2D eigenvalue weighted by atomic mass is 10.5. The number of methoxy groups -OCH3 is 1. The summed E-state index contributed by atoms with van der Waals surface area (Å²) in [5.41, 5.74) is 0.974. The molecule has 0 aliphatic rings. The molecule has 0 aliphatic carbocycles. The Kier molecular flexibility index (Phi) is 3.70. The number of carbonyl (C=O) groups is 1. The average Bonchev–Trinajstić information content (AvgIpc) is 2.94. The molecule has 90 valence electrons. The number of thiazole rings is 2. The molecule has 2 aromatic heterocycles. The first kappa shape index (κ1) is 12.0. The van der Waals surface area contributed by atoms with Gasteiger partial charge in [0.25, 0.3) is 0 Å². The quantitative estimate of drug-likeness (QED) is 0.863. The number of nitrogens with one attached hydrogen (secondary N) is 1. The molecule has 0 aromatic carbocycles. The number of aryl methyl sites for hydroxylation is 1. The number of ether oxygens (including phenoxy) is 1. The van der Waals surface area contributed by atoms with Crippen LogP contribution in [0.1, 0.15) is 20.4 Å². The van der Waals surface area contributed by atoms with Gasteiger partial charge in [-0.05, 0) is 6.92 Å². The maximum absolute atomic E-state index is 11.2. The number of hydrogen-bond donors (Lipinski definition) is 1. The fourth-order valence-electron chi connectivity index (χ4n) is 1.21. The largest absolute Gasteiger partial charge is 0.465 e. The molecule has 0 saturated heterocycles. The van der Waals surface area contributed by atoms with Crippen LogP contribution in [0.2, 0.25) is 0 Å². The van der Waals surface area contributed by atoms with Gasteiger partial charge in [-0.15, -0.1) is 11.3 Å². The van der Waals surface area contributed by atoms with Crippen LogP contribution in [0.3, 0.4) is 0 Å². The highest BCUT2D eigenvalue weighted by molar-refractivity contribution is 7.17. The van der Waals surface area contributed by atoms with E-state index in [4.69, 9.17) is 0 Å². The van der Waals surface area contributed by atoms with Crippen molar-refractivity contribution in [3.63, 3.8) is 0 Å². The molecule has 7 heteroatoms. The summed E-state index contributed by atoms with van der Waals surface area (Å²) in [7, 11) is 1.35. The third-order valence-corrected chi connectivity index (χ3v) is 3.74. The summed E-state index contributed by atoms with van der Waals surface area (Å²) in [5.74, 6) is -0.361. The van der Waals surface area contributed by atoms with E-state index in [2.05, 4.69) is 20.0 Å². The van der Waals surface area contributed by atoms with Gasteiger partial charge in [0.05, 0.1) is 30.6 Å². The van der Waals surface area contributed by atoms with Crippen LogP contribution in [0, 0.1) is 6.92 Å². The van der Waals surface area contributed by atoms with Crippen LogP contribution >= 0.6 is 22.7 Å². The van der Waals surface area contributed by atoms with Gasteiger partial charge >= 0.3 is 5.97 Å². The Hall–Kier alpha value is -1.47. The van der Waals surface area contributed by atoms with E-state index in [1.54, 1.807) is 11.3 Å². The second kappa shape index (κ2) is 5.24. The molecule has 0 fully saturated rings. The minimum Gasteiger partial charge on any atom is -0.465 e. The van der Waals surface area contributed by atoms with Crippen LogP contribution < -0.4 is 5.32 Å². The van der Waals surface area contributed by atoms with E-state index in [1.807, 2.05) is 12.3 Å². The third-order valence-electron chi connectivity index (χ3n) is 1.98. The Labute approximate surface area is 106 Å². The Morgan fingerprint density at radius 3 is 3.06 bits per heavy atom. The van der Waals surface area contributed by atoms with Crippen LogP contribution in [-0.4, -0.2) is 23.0 Å². The number of carbonyl (C=O) groups excluding carboxylic acids is 1. The normalized spacial score (nSPS) is 10.2. The van der Waals surface area contributed by atoms with Gasteiger partial charge in [0.2, 0.25) is 0 Å². The van der Waals surface area contributed by atoms with Crippen molar-refractivity contribution in [2.45, 2.75) is 13.5 Å². The molecule has 5 nitrogen and oxygen atoms in total. The molecule has 2 aromatic rings. The van der Waals surface area contributed by atoms with E-state index in [0.717, 1.165) is 10.7 Å². The minimum absolute atomic E-state index is 0.361. The number of aromatic nitrogens is 2. The fourth-order valence-corrected chi connectivity index (χ4v) is 2.55. The molecule has 2 heterocycles. The van der Waals surface area contributed by atoms with Crippen LogP contribution in [0.25, 0.3) is 0 Å². The number of esters is 1. The molecular weight excluding hydrogens is 258 g/mol. The summed E-state index contributed by atoms with van der Waals surface area (Å²) in [6.07, 6.45) is 1.51. The maximum Gasteiger partial charge on any atom is 0.349 e. The summed E-state index contributed by atoms with van der Waals surface area (Å²) >= 11 is 2.88. The molecule has 0 amide bonds. The molecule has 17 heavy (non-hydrogen) atoms. The molecule has 0 radical (unpaired) electrons. The maximum atomic E-state index is 11.2. The number of nitrogens with zero attached hydrogens (tertiary/aromatic N) is 2. The molecule has 0 spiro atoms. The summed E-state index contributed by atoms with van der Waals surface area (Å²) in [6, 6.07) is 0. The molecular formula is C10H11N3O2S2. The molecule has 0 saturated carbocycles. The van der Waals surface area contributed by atoms with Gasteiger partial charge in [0.1, 0.15) is 4.88 Å². The van der Waals surface area contributed by atoms with Gasteiger partial charge in [-0.1, -0.05) is 11.3 Å². The molecule has 0 bridgehead atoms. The van der Waals surface area contributed by atoms with Crippen molar-refractivity contribution in [1.29, 1.82) is 0 Å². The Balaban J connectivity index is 1.95. The van der Waals surface area contributed by atoms with E-state index in [9.17, 15) is 4.79 Å². The van der Waals surface area contributed by atoms with E-state index < -0.39 is 0 Å². The third kappa shape index (κ3) is 3.01. The van der Waals surface area contributed by atoms with Crippen molar-refractivity contribution in [2.75, 3.05) is 12.4 Å². The standard InChI is InChI=1S/C10H11N3O2S2/c1-6-13-7(5-16-6)3-11-10-12-4-8(17-10)9(14)15-2/h4-5H,3H2,1-2H3,(H,11,12). The van der Waals surface area contributed by atoms with Crippen molar-refractivity contribution in [1.82, 2.24) is 9.97 Å². The van der Waals surface area contributed by atoms with E-state index >= 15 is 0 Å². The highest BCUT2D eigenvalue weighted by Gasteiger charge is 2.10. The van der Waals surface area contributed by atoms with Gasteiger partial charge in [0.15, 0.2) is 5.13 Å². The van der Waals surface area contributed by atoms with Gasteiger partial charge in [-0.2, -0.15) is 0 Å². The van der Waals surface area contributed by atoms with E-state index in [1.165, 1.54) is 24.6 Å². The van der Waals surface area contributed by atoms with Gasteiger partial charge in [-0.25, -0.2) is 14.8 Å². The zero-order valence-corrected chi connectivity index (χ0v) is 11.0. The summed E-state index contributed by atoms with van der Waals surface area (Å²) in [4.78, 5) is 20.1. The first-order valence-electron chi connectivity index (χ1n) is 4.88. The lowest BCUT2D eigenvalue weighted by molar-refractivity contribution is 0.0606. The van der Waals surface area contributed by atoms with Crippen molar-refractivity contribution >= 4 is 33.8 Å². The Morgan fingerprint density at radius 1 is 1.59 bits per heavy atom. The van der Waals surface area contributed by atoms with Crippen molar-refractivity contribution in [3.8, 4) is 0 Å². The number of rotatable bonds is 4. The minimum atomic E-state index is -0.361.